The number of anilines is 1. The number of aromatic nitrogens is 2. The lowest BCUT2D eigenvalue weighted by Crippen LogP contribution is -2.30. The van der Waals surface area contributed by atoms with Crippen LogP contribution in [0.5, 0.6) is 0 Å². The van der Waals surface area contributed by atoms with Gasteiger partial charge >= 0.3 is 5.76 Å². The highest BCUT2D eigenvalue weighted by Gasteiger charge is 2.26. The molecular formula is C16H15F2N3O4S. The van der Waals surface area contributed by atoms with Gasteiger partial charge in [-0.05, 0) is 43.5 Å². The predicted molar refractivity (Wildman–Crippen MR) is 88.8 cm³/mol. The van der Waals surface area contributed by atoms with E-state index in [0.29, 0.717) is 12.0 Å². The van der Waals surface area contributed by atoms with Crippen LogP contribution in [0.4, 0.5) is 14.5 Å². The van der Waals surface area contributed by atoms with E-state index in [9.17, 15) is 26.8 Å². The molecule has 138 valence electrons. The Morgan fingerprint density at radius 2 is 1.92 bits per heavy atom. The summed E-state index contributed by atoms with van der Waals surface area (Å²) in [5.74, 6) is -4.03. The van der Waals surface area contributed by atoms with Crippen LogP contribution in [-0.2, 0) is 34.0 Å². The smallest absolute Gasteiger partial charge is 0.325 e. The van der Waals surface area contributed by atoms with E-state index < -0.39 is 26.4 Å². The number of hydrogen-bond acceptors (Lipinski definition) is 5. The minimum Gasteiger partial charge on any atom is -0.325 e. The number of hydrogen-bond donors (Lipinski definition) is 1. The van der Waals surface area contributed by atoms with Crippen molar-refractivity contribution in [2.75, 3.05) is 5.32 Å². The van der Waals surface area contributed by atoms with Gasteiger partial charge in [-0.1, -0.05) is 0 Å². The summed E-state index contributed by atoms with van der Waals surface area (Å²) in [7, 11) is -4.68. The molecule has 0 aliphatic heterocycles. The summed E-state index contributed by atoms with van der Waals surface area (Å²) in [6, 6.07) is 4.38. The summed E-state index contributed by atoms with van der Waals surface area (Å²) in [5.41, 5.74) is 1.37. The predicted octanol–water partition coefficient (Wildman–Crippen LogP) is 1.37. The molecule has 2 aromatic rings. The van der Waals surface area contributed by atoms with E-state index >= 15 is 0 Å². The molecule has 3 rings (SSSR count). The van der Waals surface area contributed by atoms with Gasteiger partial charge in [0, 0.05) is 11.3 Å². The van der Waals surface area contributed by atoms with E-state index in [1.165, 1.54) is 23.0 Å². The molecule has 0 radical (unpaired) electrons. The number of amides is 1. The molecule has 26 heavy (non-hydrogen) atoms. The molecule has 0 unspecified atom stereocenters. The van der Waals surface area contributed by atoms with Crippen LogP contribution in [0.15, 0.2) is 40.3 Å². The SMILES string of the molecule is O=C(Cn1cnc2c(c1=O)CCC2)Nc1ccc(S(=O)(=O)C(F)F)cc1. The number of nitrogens with one attached hydrogen (secondary N) is 1. The van der Waals surface area contributed by atoms with Crippen LogP contribution in [0, 0.1) is 0 Å². The molecule has 1 aliphatic rings. The van der Waals surface area contributed by atoms with Crippen LogP contribution >= 0.6 is 0 Å². The normalized spacial score (nSPS) is 13.7. The summed E-state index contributed by atoms with van der Waals surface area (Å²) in [6.07, 6.45) is 3.58. The summed E-state index contributed by atoms with van der Waals surface area (Å²) >= 11 is 0. The molecule has 7 nitrogen and oxygen atoms in total. The average Bonchev–Trinajstić information content (AvgIpc) is 3.07. The third-order valence-electron chi connectivity index (χ3n) is 4.08. The van der Waals surface area contributed by atoms with Gasteiger partial charge in [-0.3, -0.25) is 14.2 Å². The molecule has 0 saturated carbocycles. The Balaban J connectivity index is 1.70. The van der Waals surface area contributed by atoms with E-state index in [2.05, 4.69) is 10.3 Å². The number of fused-ring (bicyclic) bond motifs is 1. The first-order valence-corrected chi connectivity index (χ1v) is 9.33. The Morgan fingerprint density at radius 3 is 2.58 bits per heavy atom. The van der Waals surface area contributed by atoms with Crippen molar-refractivity contribution in [2.45, 2.75) is 36.5 Å². The van der Waals surface area contributed by atoms with Crippen molar-refractivity contribution in [1.29, 1.82) is 0 Å². The van der Waals surface area contributed by atoms with Gasteiger partial charge in [0.1, 0.15) is 6.54 Å². The van der Waals surface area contributed by atoms with E-state index in [1.54, 1.807) is 0 Å². The molecule has 0 atom stereocenters. The Hall–Kier alpha value is -2.62. The van der Waals surface area contributed by atoms with Gasteiger partial charge < -0.3 is 5.32 Å². The monoisotopic (exact) mass is 383 g/mol. The first kappa shape index (κ1) is 18.2. The molecule has 0 fully saturated rings. The lowest BCUT2D eigenvalue weighted by Gasteiger charge is -2.09. The molecule has 1 heterocycles. The molecule has 1 aromatic heterocycles. The highest BCUT2D eigenvalue weighted by molar-refractivity contribution is 7.91. The molecule has 0 bridgehead atoms. The fraction of sp³-hybridized carbons (Fsp3) is 0.312. The van der Waals surface area contributed by atoms with Gasteiger partial charge in [-0.25, -0.2) is 13.4 Å². The number of carbonyl (C=O) groups is 1. The van der Waals surface area contributed by atoms with Crippen LogP contribution in [0.25, 0.3) is 0 Å². The highest BCUT2D eigenvalue weighted by Crippen LogP contribution is 2.20. The van der Waals surface area contributed by atoms with Crippen LogP contribution in [0.2, 0.25) is 0 Å². The maximum Gasteiger partial charge on any atom is 0.341 e. The second-order valence-electron chi connectivity index (χ2n) is 5.83. The van der Waals surface area contributed by atoms with Crippen LogP contribution < -0.4 is 10.9 Å². The Labute approximate surface area is 147 Å². The third-order valence-corrected chi connectivity index (χ3v) is 5.47. The number of sulfone groups is 1. The number of alkyl halides is 2. The minimum atomic E-state index is -4.68. The fourth-order valence-electron chi connectivity index (χ4n) is 2.76. The molecule has 1 amide bonds. The van der Waals surface area contributed by atoms with Gasteiger partial charge in [0.05, 0.1) is 16.9 Å². The maximum absolute atomic E-state index is 12.5. The number of benzene rings is 1. The van der Waals surface area contributed by atoms with E-state index in [4.69, 9.17) is 0 Å². The number of halogens is 2. The zero-order chi connectivity index (χ0) is 18.9. The second kappa shape index (κ2) is 6.94. The number of rotatable bonds is 5. The van der Waals surface area contributed by atoms with Gasteiger partial charge in [0.25, 0.3) is 5.56 Å². The van der Waals surface area contributed by atoms with Crippen molar-refractivity contribution < 1.29 is 22.0 Å². The molecule has 10 heteroatoms. The zero-order valence-electron chi connectivity index (χ0n) is 13.5. The van der Waals surface area contributed by atoms with Crippen molar-refractivity contribution in [3.8, 4) is 0 Å². The van der Waals surface area contributed by atoms with Crippen LogP contribution in [-0.4, -0.2) is 29.6 Å². The van der Waals surface area contributed by atoms with E-state index in [1.807, 2.05) is 0 Å². The molecule has 1 N–H and O–H groups in total. The van der Waals surface area contributed by atoms with Crippen molar-refractivity contribution in [3.63, 3.8) is 0 Å². The number of aryl methyl sites for hydroxylation is 1. The number of nitrogens with zero attached hydrogens (tertiary/aromatic N) is 2. The second-order valence-corrected chi connectivity index (χ2v) is 7.75. The summed E-state index contributed by atoms with van der Waals surface area (Å²) in [6.45, 7) is -0.254. The molecule has 1 aromatic carbocycles. The maximum atomic E-state index is 12.5. The minimum absolute atomic E-state index is 0.227. The summed E-state index contributed by atoms with van der Waals surface area (Å²) in [5, 5.41) is 2.48. The summed E-state index contributed by atoms with van der Waals surface area (Å²) in [4.78, 5) is 28.0. The lowest BCUT2D eigenvalue weighted by atomic mass is 10.2. The standard InChI is InChI=1S/C16H15F2N3O4S/c17-16(18)26(24,25)11-6-4-10(5-7-11)20-14(22)8-21-9-19-13-3-1-2-12(13)15(21)23/h4-7,9,16H,1-3,8H2,(H,20,22). The highest BCUT2D eigenvalue weighted by atomic mass is 32.2. The van der Waals surface area contributed by atoms with Gasteiger partial charge in [0.15, 0.2) is 0 Å². The fourth-order valence-corrected chi connectivity index (χ4v) is 3.49. The topological polar surface area (TPSA) is 98.1 Å². The quantitative estimate of drug-likeness (QED) is 0.841. The van der Waals surface area contributed by atoms with Crippen LogP contribution in [0.3, 0.4) is 0 Å². The van der Waals surface area contributed by atoms with Gasteiger partial charge in [0.2, 0.25) is 15.7 Å². The Kier molecular flexibility index (Phi) is 4.86. The average molecular weight is 383 g/mol. The van der Waals surface area contributed by atoms with Crippen LogP contribution in [0.1, 0.15) is 17.7 Å². The van der Waals surface area contributed by atoms with Crippen molar-refractivity contribution in [3.05, 3.63) is 52.2 Å². The first-order valence-electron chi connectivity index (χ1n) is 7.78. The van der Waals surface area contributed by atoms with Crippen molar-refractivity contribution >= 4 is 21.4 Å². The van der Waals surface area contributed by atoms with Crippen molar-refractivity contribution in [1.82, 2.24) is 9.55 Å². The Bertz CT molecular complexity index is 1000. The van der Waals surface area contributed by atoms with Gasteiger partial charge in [-0.2, -0.15) is 8.78 Å². The van der Waals surface area contributed by atoms with E-state index in [0.717, 1.165) is 30.7 Å². The molecular weight excluding hydrogens is 368 g/mol. The third kappa shape index (κ3) is 3.50. The zero-order valence-corrected chi connectivity index (χ0v) is 14.3. The van der Waals surface area contributed by atoms with E-state index in [-0.39, 0.29) is 17.8 Å². The molecule has 0 spiro atoms. The molecule has 1 aliphatic carbocycles. The van der Waals surface area contributed by atoms with Crippen molar-refractivity contribution in [2.24, 2.45) is 0 Å². The largest absolute Gasteiger partial charge is 0.341 e. The Morgan fingerprint density at radius 1 is 1.23 bits per heavy atom. The first-order chi connectivity index (χ1) is 12.3. The van der Waals surface area contributed by atoms with Gasteiger partial charge in [-0.15, -0.1) is 0 Å². The number of carbonyl (C=O) groups excluding carboxylic acids is 1. The molecule has 0 saturated heterocycles. The summed E-state index contributed by atoms with van der Waals surface area (Å²) < 4.78 is 48.9. The lowest BCUT2D eigenvalue weighted by molar-refractivity contribution is -0.116.